The van der Waals surface area contributed by atoms with E-state index in [1.807, 2.05) is 30.0 Å². The Labute approximate surface area is 184 Å². The molecule has 1 aliphatic rings. The van der Waals surface area contributed by atoms with E-state index in [4.69, 9.17) is 0 Å². The molecule has 0 spiro atoms. The van der Waals surface area contributed by atoms with E-state index in [0.717, 1.165) is 23.2 Å². The van der Waals surface area contributed by atoms with E-state index in [-0.39, 0.29) is 24.0 Å². The fourth-order valence-electron chi connectivity index (χ4n) is 3.39. The van der Waals surface area contributed by atoms with Crippen LogP contribution in [0.25, 0.3) is 4.96 Å². The second kappa shape index (κ2) is 9.85. The first-order valence-corrected chi connectivity index (χ1v) is 10.7. The molecule has 6 nitrogen and oxygen atoms in total. The Morgan fingerprint density at radius 1 is 1.26 bits per heavy atom. The monoisotopic (exact) mass is 516 g/mol. The molecule has 1 atom stereocenters. The van der Waals surface area contributed by atoms with Crippen LogP contribution in [0.4, 0.5) is 0 Å². The molecule has 0 saturated carbocycles. The van der Waals surface area contributed by atoms with E-state index in [1.165, 1.54) is 30.8 Å². The van der Waals surface area contributed by atoms with Gasteiger partial charge in [-0.1, -0.05) is 6.07 Å². The lowest BCUT2D eigenvalue weighted by Crippen LogP contribution is -2.42. The van der Waals surface area contributed by atoms with Crippen LogP contribution in [0.5, 0.6) is 0 Å². The highest BCUT2D eigenvalue weighted by Gasteiger charge is 2.24. The van der Waals surface area contributed by atoms with Crippen molar-refractivity contribution in [3.05, 3.63) is 45.9 Å². The zero-order valence-electron chi connectivity index (χ0n) is 15.3. The van der Waals surface area contributed by atoms with Crippen LogP contribution in [0, 0.1) is 0 Å². The Kier molecular flexibility index (Phi) is 7.50. The normalized spacial score (nSPS) is 16.4. The SMILES string of the molecule is CN=C(NCc1cn2ccsc2n1)NCC(c1cccs1)N1CCCC1.I. The summed E-state index contributed by atoms with van der Waals surface area (Å²) in [6, 6.07) is 4.79. The van der Waals surface area contributed by atoms with Gasteiger partial charge in [-0.15, -0.1) is 46.7 Å². The Hall–Kier alpha value is -1.17. The molecule has 2 N–H and O–H groups in total. The molecule has 1 saturated heterocycles. The lowest BCUT2D eigenvalue weighted by atomic mass is 10.2. The summed E-state index contributed by atoms with van der Waals surface area (Å²) >= 11 is 3.49. The van der Waals surface area contributed by atoms with Gasteiger partial charge in [-0.3, -0.25) is 14.3 Å². The first-order valence-electron chi connectivity index (χ1n) is 8.96. The first-order chi connectivity index (χ1) is 12.8. The molecule has 4 rings (SSSR count). The minimum absolute atomic E-state index is 0. The fraction of sp³-hybridized carbons (Fsp3) is 0.444. The minimum Gasteiger partial charge on any atom is -0.354 e. The number of nitrogens with one attached hydrogen (secondary N) is 2. The average molecular weight is 516 g/mol. The molecule has 0 bridgehead atoms. The van der Waals surface area contributed by atoms with Gasteiger partial charge in [0.2, 0.25) is 0 Å². The Bertz CT molecular complexity index is 822. The number of nitrogens with zero attached hydrogens (tertiary/aromatic N) is 4. The van der Waals surface area contributed by atoms with Gasteiger partial charge in [0.05, 0.1) is 18.3 Å². The number of fused-ring (bicyclic) bond motifs is 1. The van der Waals surface area contributed by atoms with Crippen LogP contribution in [0.1, 0.15) is 29.5 Å². The highest BCUT2D eigenvalue weighted by Crippen LogP contribution is 2.27. The number of hydrogen-bond donors (Lipinski definition) is 2. The first kappa shape index (κ1) is 20.6. The number of hydrogen-bond acceptors (Lipinski definition) is 5. The van der Waals surface area contributed by atoms with E-state index < -0.39 is 0 Å². The molecule has 0 aromatic carbocycles. The number of halogens is 1. The molecule has 0 aliphatic carbocycles. The Morgan fingerprint density at radius 2 is 2.11 bits per heavy atom. The van der Waals surface area contributed by atoms with Crippen molar-refractivity contribution >= 4 is 57.6 Å². The number of aromatic nitrogens is 2. The molecule has 1 aliphatic heterocycles. The summed E-state index contributed by atoms with van der Waals surface area (Å²) in [6.45, 7) is 3.89. The van der Waals surface area contributed by atoms with Crippen LogP contribution in [0.15, 0.2) is 40.3 Å². The third-order valence-corrected chi connectivity index (χ3v) is 6.46. The molecular formula is C18H25IN6S2. The molecule has 27 heavy (non-hydrogen) atoms. The maximum absolute atomic E-state index is 4.61. The van der Waals surface area contributed by atoms with Gasteiger partial charge >= 0.3 is 0 Å². The van der Waals surface area contributed by atoms with Crippen molar-refractivity contribution in [1.29, 1.82) is 0 Å². The van der Waals surface area contributed by atoms with Gasteiger partial charge in [0, 0.05) is 36.2 Å². The van der Waals surface area contributed by atoms with Gasteiger partial charge in [0.1, 0.15) is 0 Å². The molecule has 146 valence electrons. The number of rotatable bonds is 6. The Balaban J connectivity index is 0.00000210. The number of likely N-dealkylation sites (tertiary alicyclic amines) is 1. The van der Waals surface area contributed by atoms with Crippen LogP contribution < -0.4 is 10.6 Å². The lowest BCUT2D eigenvalue weighted by molar-refractivity contribution is 0.249. The molecule has 9 heteroatoms. The van der Waals surface area contributed by atoms with Gasteiger partial charge in [0.25, 0.3) is 0 Å². The van der Waals surface area contributed by atoms with E-state index >= 15 is 0 Å². The summed E-state index contributed by atoms with van der Waals surface area (Å²) in [5.74, 6) is 0.821. The zero-order valence-corrected chi connectivity index (χ0v) is 19.3. The number of thiazole rings is 1. The molecule has 0 amide bonds. The molecule has 1 fully saturated rings. The highest BCUT2D eigenvalue weighted by molar-refractivity contribution is 14.0. The van der Waals surface area contributed by atoms with Crippen LogP contribution >= 0.6 is 46.7 Å². The molecule has 3 aromatic rings. The van der Waals surface area contributed by atoms with Crippen molar-refractivity contribution in [2.75, 3.05) is 26.7 Å². The van der Waals surface area contributed by atoms with Crippen molar-refractivity contribution in [2.24, 2.45) is 4.99 Å². The van der Waals surface area contributed by atoms with E-state index in [0.29, 0.717) is 12.6 Å². The van der Waals surface area contributed by atoms with Crippen LogP contribution in [0.3, 0.4) is 0 Å². The van der Waals surface area contributed by atoms with Crippen molar-refractivity contribution in [2.45, 2.75) is 25.4 Å². The maximum Gasteiger partial charge on any atom is 0.193 e. The van der Waals surface area contributed by atoms with E-state index in [2.05, 4.69) is 53.6 Å². The molecule has 4 heterocycles. The summed E-state index contributed by atoms with van der Waals surface area (Å²) in [4.78, 5) is 14.0. The molecular weight excluding hydrogens is 491 g/mol. The lowest BCUT2D eigenvalue weighted by Gasteiger charge is -2.27. The molecule has 0 radical (unpaired) electrons. The topological polar surface area (TPSA) is 57.0 Å². The van der Waals surface area contributed by atoms with Gasteiger partial charge in [-0.05, 0) is 37.4 Å². The average Bonchev–Trinajstić information content (AvgIpc) is 3.43. The van der Waals surface area contributed by atoms with E-state index in [9.17, 15) is 0 Å². The summed E-state index contributed by atoms with van der Waals surface area (Å²) in [5.41, 5.74) is 1.02. The number of imidazole rings is 1. The second-order valence-corrected chi connectivity index (χ2v) is 8.26. The van der Waals surface area contributed by atoms with Crippen LogP contribution in [-0.4, -0.2) is 46.9 Å². The van der Waals surface area contributed by atoms with Crippen LogP contribution in [-0.2, 0) is 6.54 Å². The predicted octanol–water partition coefficient (Wildman–Crippen LogP) is 3.58. The maximum atomic E-state index is 4.61. The fourth-order valence-corrected chi connectivity index (χ4v) is 4.97. The predicted molar refractivity (Wildman–Crippen MR) is 125 cm³/mol. The highest BCUT2D eigenvalue weighted by atomic mass is 127. The summed E-state index contributed by atoms with van der Waals surface area (Å²) in [5, 5.41) is 11.1. The van der Waals surface area contributed by atoms with Gasteiger partial charge in [-0.2, -0.15) is 0 Å². The van der Waals surface area contributed by atoms with Gasteiger partial charge in [0.15, 0.2) is 10.9 Å². The molecule has 3 aromatic heterocycles. The second-order valence-electron chi connectivity index (χ2n) is 6.41. The standard InChI is InChI=1S/C18H24N6S2.HI/c1-19-17(20-11-14-13-24-8-10-26-18(24)22-14)21-12-15(16-5-4-9-25-16)23-6-2-3-7-23;/h4-5,8-10,13,15H,2-3,6-7,11-12H2,1H3,(H2,19,20,21);1H. The number of thiophene rings is 1. The third-order valence-electron chi connectivity index (χ3n) is 4.72. The van der Waals surface area contributed by atoms with Crippen molar-refractivity contribution in [3.63, 3.8) is 0 Å². The third kappa shape index (κ3) is 5.01. The van der Waals surface area contributed by atoms with Crippen molar-refractivity contribution in [3.8, 4) is 0 Å². The quantitative estimate of drug-likeness (QED) is 0.299. The molecule has 1 unspecified atom stereocenters. The minimum atomic E-state index is 0. The number of aliphatic imine (C=N–C) groups is 1. The smallest absolute Gasteiger partial charge is 0.193 e. The summed E-state index contributed by atoms with van der Waals surface area (Å²) in [7, 11) is 1.82. The largest absolute Gasteiger partial charge is 0.354 e. The Morgan fingerprint density at radius 3 is 2.81 bits per heavy atom. The van der Waals surface area contributed by atoms with Crippen molar-refractivity contribution < 1.29 is 0 Å². The van der Waals surface area contributed by atoms with Crippen molar-refractivity contribution in [1.82, 2.24) is 24.9 Å². The summed E-state index contributed by atoms with van der Waals surface area (Å²) < 4.78 is 2.05. The van der Waals surface area contributed by atoms with Gasteiger partial charge in [-0.25, -0.2) is 4.98 Å². The zero-order chi connectivity index (χ0) is 17.8. The van der Waals surface area contributed by atoms with Crippen LogP contribution in [0.2, 0.25) is 0 Å². The van der Waals surface area contributed by atoms with E-state index in [1.54, 1.807) is 11.3 Å². The van der Waals surface area contributed by atoms with Gasteiger partial charge < -0.3 is 10.6 Å². The summed E-state index contributed by atoms with van der Waals surface area (Å²) in [6.07, 6.45) is 6.69. The number of guanidine groups is 1.